The summed E-state index contributed by atoms with van der Waals surface area (Å²) in [5.41, 5.74) is 7.37. The molecular formula is C39H23O3PS2. The van der Waals surface area contributed by atoms with Crippen molar-refractivity contribution < 1.29 is 13.9 Å². The van der Waals surface area contributed by atoms with E-state index in [2.05, 4.69) is 104 Å². The predicted octanol–water partition coefficient (Wildman–Crippen LogP) is 10.4. The van der Waals surface area contributed by atoms with Crippen molar-refractivity contribution in [2.24, 2.45) is 0 Å². The third-order valence-corrected chi connectivity index (χ3v) is 15.9. The zero-order valence-electron chi connectivity index (χ0n) is 24.0. The molecule has 0 saturated heterocycles. The SMILES string of the molecule is Cc1cc2c3c(c1)Oc1c(sc4ccc(-c5cccc(-c6cccc7c6oc6ccccc67)c5)cc14)P3(=S)c1ccccc1O2. The van der Waals surface area contributed by atoms with Gasteiger partial charge in [-0.3, -0.25) is 0 Å². The van der Waals surface area contributed by atoms with Gasteiger partial charge in [0.1, 0.15) is 28.4 Å². The molecule has 6 aromatic carbocycles. The van der Waals surface area contributed by atoms with E-state index in [9.17, 15) is 0 Å². The Hall–Kier alpha value is -4.67. The van der Waals surface area contributed by atoms with Gasteiger partial charge in [0.05, 0.1) is 16.0 Å². The van der Waals surface area contributed by atoms with Crippen molar-refractivity contribution >= 4 is 76.4 Å². The van der Waals surface area contributed by atoms with Crippen molar-refractivity contribution in [2.45, 2.75) is 6.92 Å². The van der Waals surface area contributed by atoms with Gasteiger partial charge < -0.3 is 13.9 Å². The molecular weight excluding hydrogens is 612 g/mol. The second-order valence-corrected chi connectivity index (χ2v) is 17.3. The second kappa shape index (κ2) is 9.18. The molecule has 3 nitrogen and oxygen atoms in total. The van der Waals surface area contributed by atoms with Crippen LogP contribution in [-0.4, -0.2) is 0 Å². The van der Waals surface area contributed by atoms with E-state index in [4.69, 9.17) is 25.7 Å². The average Bonchev–Trinajstić information content (AvgIpc) is 3.63. The molecule has 1 unspecified atom stereocenters. The Balaban J connectivity index is 1.14. The lowest BCUT2D eigenvalue weighted by Gasteiger charge is -2.35. The lowest BCUT2D eigenvalue weighted by Crippen LogP contribution is -2.33. The van der Waals surface area contributed by atoms with Crippen LogP contribution in [0.3, 0.4) is 0 Å². The fourth-order valence-electron chi connectivity index (χ4n) is 6.93. The molecule has 2 aromatic heterocycles. The highest BCUT2D eigenvalue weighted by Gasteiger charge is 2.44. The fourth-order valence-corrected chi connectivity index (χ4v) is 13.4. The van der Waals surface area contributed by atoms with Gasteiger partial charge in [0.25, 0.3) is 0 Å². The smallest absolute Gasteiger partial charge is 0.155 e. The molecule has 0 N–H and O–H groups in total. The van der Waals surface area contributed by atoms with Gasteiger partial charge in [-0.05, 0) is 77.7 Å². The summed E-state index contributed by atoms with van der Waals surface area (Å²) in [7, 11) is 0. The topological polar surface area (TPSA) is 31.6 Å². The minimum atomic E-state index is -2.39. The van der Waals surface area contributed by atoms with Crippen molar-refractivity contribution in [1.82, 2.24) is 0 Å². The Morgan fingerprint density at radius 2 is 1.38 bits per heavy atom. The molecule has 2 aliphatic heterocycles. The maximum Gasteiger partial charge on any atom is 0.155 e. The summed E-state index contributed by atoms with van der Waals surface area (Å²) >= 11 is 8.52. The molecule has 0 radical (unpaired) electrons. The minimum Gasteiger partial charge on any atom is -0.456 e. The first kappa shape index (κ1) is 25.6. The first-order valence-electron chi connectivity index (χ1n) is 14.8. The molecule has 0 spiro atoms. The molecule has 0 bridgehead atoms. The van der Waals surface area contributed by atoms with Crippen LogP contribution in [0.4, 0.5) is 0 Å². The zero-order chi connectivity index (χ0) is 29.9. The Bertz CT molecular complexity index is 2610. The van der Waals surface area contributed by atoms with Crippen molar-refractivity contribution in [3.05, 3.63) is 127 Å². The summed E-state index contributed by atoms with van der Waals surface area (Å²) in [6.45, 7) is 2.08. The molecule has 0 amide bonds. The minimum absolute atomic E-state index is 0.821. The van der Waals surface area contributed by atoms with E-state index in [1.54, 1.807) is 11.3 Å². The predicted molar refractivity (Wildman–Crippen MR) is 191 cm³/mol. The van der Waals surface area contributed by atoms with E-state index < -0.39 is 6.04 Å². The Labute approximate surface area is 268 Å². The van der Waals surface area contributed by atoms with Gasteiger partial charge in [-0.25, -0.2) is 0 Å². The van der Waals surface area contributed by atoms with Crippen LogP contribution in [0, 0.1) is 6.92 Å². The highest BCUT2D eigenvalue weighted by atomic mass is 32.4. The van der Waals surface area contributed by atoms with Gasteiger partial charge in [-0.2, -0.15) is 0 Å². The van der Waals surface area contributed by atoms with Gasteiger partial charge in [0.2, 0.25) is 0 Å². The highest BCUT2D eigenvalue weighted by Crippen LogP contribution is 2.61. The number of hydrogen-bond acceptors (Lipinski definition) is 5. The van der Waals surface area contributed by atoms with Crippen molar-refractivity contribution in [3.63, 3.8) is 0 Å². The zero-order valence-corrected chi connectivity index (χ0v) is 26.6. The van der Waals surface area contributed by atoms with Gasteiger partial charge in [-0.15, -0.1) is 11.3 Å². The van der Waals surface area contributed by atoms with E-state index in [0.717, 1.165) is 93.4 Å². The first-order chi connectivity index (χ1) is 22.1. The molecule has 4 heterocycles. The molecule has 214 valence electrons. The van der Waals surface area contributed by atoms with Crippen molar-refractivity contribution in [2.75, 3.05) is 0 Å². The number of benzene rings is 6. The number of rotatable bonds is 2. The maximum absolute atomic E-state index is 6.78. The van der Waals surface area contributed by atoms with E-state index >= 15 is 0 Å². The van der Waals surface area contributed by atoms with Crippen molar-refractivity contribution in [1.29, 1.82) is 0 Å². The Kier molecular flexibility index (Phi) is 5.23. The standard InChI is InChI=1S/C39H23O3PS2/c1-22-18-32-38-33(19-22)42-37-29-21-24(16-17-35(29)45-39(37)43(38,44)34-15-5-4-14-31(34)40-32)23-8-6-9-25(20-23)26-11-7-12-28-27-10-2-3-13-30(27)41-36(26)28/h2-21H,1H3. The van der Waals surface area contributed by atoms with Gasteiger partial charge in [0, 0.05) is 31.7 Å². The van der Waals surface area contributed by atoms with Crippen LogP contribution < -0.4 is 24.7 Å². The fraction of sp³-hybridized carbons (Fsp3) is 0.0256. The van der Waals surface area contributed by atoms with E-state index in [1.165, 1.54) is 4.70 Å². The number of para-hydroxylation sites is 3. The molecule has 0 aliphatic carbocycles. The number of fused-ring (bicyclic) bond motifs is 9. The molecule has 8 aromatic rings. The third kappa shape index (κ3) is 3.55. The van der Waals surface area contributed by atoms with Crippen LogP contribution >= 0.6 is 17.4 Å². The van der Waals surface area contributed by atoms with Crippen LogP contribution in [0.15, 0.2) is 126 Å². The largest absolute Gasteiger partial charge is 0.456 e. The summed E-state index contributed by atoms with van der Waals surface area (Å²) in [4.78, 5) is 0. The molecule has 10 rings (SSSR count). The van der Waals surface area contributed by atoms with Crippen LogP contribution in [0.2, 0.25) is 0 Å². The second-order valence-electron chi connectivity index (χ2n) is 11.7. The highest BCUT2D eigenvalue weighted by molar-refractivity contribution is 8.27. The molecule has 45 heavy (non-hydrogen) atoms. The first-order valence-corrected chi connectivity index (χ1v) is 18.5. The number of thiophene rings is 1. The summed E-state index contributed by atoms with van der Waals surface area (Å²) in [6, 6.07) is 40.1. The van der Waals surface area contributed by atoms with Crippen LogP contribution in [0.1, 0.15) is 5.56 Å². The number of furan rings is 1. The lowest BCUT2D eigenvalue weighted by atomic mass is 9.97. The molecule has 2 aliphatic rings. The quantitative estimate of drug-likeness (QED) is 0.177. The van der Waals surface area contributed by atoms with Gasteiger partial charge >= 0.3 is 0 Å². The monoisotopic (exact) mass is 634 g/mol. The van der Waals surface area contributed by atoms with Crippen LogP contribution in [-0.2, 0) is 11.8 Å². The van der Waals surface area contributed by atoms with Gasteiger partial charge in [-0.1, -0.05) is 84.6 Å². The normalized spacial score (nSPS) is 16.2. The van der Waals surface area contributed by atoms with E-state index in [-0.39, 0.29) is 0 Å². The van der Waals surface area contributed by atoms with Crippen LogP contribution in [0.25, 0.3) is 54.3 Å². The third-order valence-electron chi connectivity index (χ3n) is 8.96. The average molecular weight is 635 g/mol. The molecule has 0 saturated carbocycles. The summed E-state index contributed by atoms with van der Waals surface area (Å²) < 4.78 is 21.9. The number of aryl methyl sites for hydroxylation is 1. The number of ether oxygens (including phenoxy) is 2. The van der Waals surface area contributed by atoms with Gasteiger partial charge in [0.15, 0.2) is 5.75 Å². The Morgan fingerprint density at radius 1 is 0.622 bits per heavy atom. The van der Waals surface area contributed by atoms with Crippen molar-refractivity contribution in [3.8, 4) is 45.3 Å². The maximum atomic E-state index is 6.78. The van der Waals surface area contributed by atoms with E-state index in [1.807, 2.05) is 24.3 Å². The summed E-state index contributed by atoms with van der Waals surface area (Å²) in [5, 5.41) is 5.50. The van der Waals surface area contributed by atoms with E-state index in [0.29, 0.717) is 0 Å². The lowest BCUT2D eigenvalue weighted by molar-refractivity contribution is 0.469. The number of hydrogen-bond donors (Lipinski definition) is 0. The Morgan fingerprint density at radius 3 is 2.31 bits per heavy atom. The van der Waals surface area contributed by atoms with Crippen LogP contribution in [0.5, 0.6) is 23.0 Å². The molecule has 1 atom stereocenters. The molecule has 0 fully saturated rings. The summed E-state index contributed by atoms with van der Waals surface area (Å²) in [6.07, 6.45) is 0. The molecule has 6 heteroatoms. The summed E-state index contributed by atoms with van der Waals surface area (Å²) in [5.74, 6) is 3.39.